The molecule has 0 heterocycles. The Kier molecular flexibility index (Phi) is 13.8. The van der Waals surface area contributed by atoms with Crippen molar-refractivity contribution in [1.82, 2.24) is 0 Å². The number of rotatable bonds is 18. The molecule has 1 rings (SSSR count). The third kappa shape index (κ3) is 8.44. The molecule has 9 heteroatoms. The first-order chi connectivity index (χ1) is 16.4. The van der Waals surface area contributed by atoms with Crippen LogP contribution in [0.25, 0.3) is 0 Å². The number of halogens is 2. The van der Waals surface area contributed by atoms with Crippen LogP contribution in [0.5, 0.6) is 0 Å². The summed E-state index contributed by atoms with van der Waals surface area (Å²) in [5.74, 6) is -1.26. The Labute approximate surface area is 212 Å². The quantitative estimate of drug-likeness (QED) is 0.107. The largest absolute Gasteiger partial charge is 0.416 e. The SMILES string of the molecule is CCOP(=O)(OCC)C(F)(F)[C@H](CCOCc1ccccc1)CCO[Si](C(C)C)(C(C)C)C(C)C. The smallest absolute Gasteiger partial charge is 0.399 e. The minimum absolute atomic E-state index is 0.0208. The third-order valence-corrected chi connectivity index (χ3v) is 15.1. The summed E-state index contributed by atoms with van der Waals surface area (Å²) in [6, 6.07) is 9.57. The zero-order valence-electron chi connectivity index (χ0n) is 22.9. The van der Waals surface area contributed by atoms with Crippen molar-refractivity contribution < 1.29 is 31.6 Å². The van der Waals surface area contributed by atoms with E-state index in [4.69, 9.17) is 18.2 Å². The highest BCUT2D eigenvalue weighted by Gasteiger charge is 2.58. The molecule has 0 spiro atoms. The molecule has 204 valence electrons. The van der Waals surface area contributed by atoms with E-state index in [9.17, 15) is 4.57 Å². The van der Waals surface area contributed by atoms with Crippen molar-refractivity contribution in [1.29, 1.82) is 0 Å². The summed E-state index contributed by atoms with van der Waals surface area (Å²) in [5.41, 5.74) is -1.67. The molecule has 0 N–H and O–H groups in total. The molecule has 1 atom stereocenters. The second-order valence-corrected chi connectivity index (χ2v) is 17.5. The lowest BCUT2D eigenvalue weighted by Gasteiger charge is -2.42. The summed E-state index contributed by atoms with van der Waals surface area (Å²) in [5, 5.41) is 0. The van der Waals surface area contributed by atoms with E-state index in [2.05, 4.69) is 41.5 Å². The van der Waals surface area contributed by atoms with Gasteiger partial charge in [-0.25, -0.2) is 0 Å². The zero-order chi connectivity index (χ0) is 26.7. The van der Waals surface area contributed by atoms with Crippen LogP contribution in [-0.2, 0) is 29.4 Å². The number of hydrogen-bond donors (Lipinski definition) is 0. The molecule has 35 heavy (non-hydrogen) atoms. The maximum absolute atomic E-state index is 15.7. The zero-order valence-corrected chi connectivity index (χ0v) is 24.8. The predicted molar refractivity (Wildman–Crippen MR) is 142 cm³/mol. The van der Waals surface area contributed by atoms with Gasteiger partial charge in [-0.05, 0) is 48.9 Å². The van der Waals surface area contributed by atoms with Crippen LogP contribution in [0.15, 0.2) is 30.3 Å². The summed E-state index contributed by atoms with van der Waals surface area (Å²) in [7, 11) is -6.88. The van der Waals surface area contributed by atoms with E-state index in [0.717, 1.165) is 5.56 Å². The Morgan fingerprint density at radius 1 is 0.857 bits per heavy atom. The molecule has 0 bridgehead atoms. The molecule has 0 saturated heterocycles. The van der Waals surface area contributed by atoms with Gasteiger partial charge < -0.3 is 18.2 Å². The number of benzene rings is 1. The fraction of sp³-hybridized carbons (Fsp3) is 0.769. The molecule has 0 aliphatic carbocycles. The van der Waals surface area contributed by atoms with Crippen LogP contribution in [0.1, 0.15) is 73.8 Å². The molecule has 1 aromatic carbocycles. The van der Waals surface area contributed by atoms with Crippen LogP contribution in [0, 0.1) is 5.92 Å². The van der Waals surface area contributed by atoms with Gasteiger partial charge in [0.25, 0.3) is 0 Å². The second-order valence-electron chi connectivity index (χ2n) is 9.90. The molecule has 0 amide bonds. The van der Waals surface area contributed by atoms with E-state index in [0.29, 0.717) is 23.2 Å². The maximum Gasteiger partial charge on any atom is 0.399 e. The van der Waals surface area contributed by atoms with Crippen molar-refractivity contribution in [3.63, 3.8) is 0 Å². The van der Waals surface area contributed by atoms with Crippen LogP contribution in [-0.4, -0.2) is 40.4 Å². The fourth-order valence-electron chi connectivity index (χ4n) is 5.13. The van der Waals surface area contributed by atoms with Gasteiger partial charge in [-0.1, -0.05) is 71.9 Å². The Morgan fingerprint density at radius 3 is 1.80 bits per heavy atom. The first-order valence-electron chi connectivity index (χ1n) is 12.9. The highest BCUT2D eigenvalue weighted by Crippen LogP contribution is 2.65. The van der Waals surface area contributed by atoms with E-state index in [1.54, 1.807) is 0 Å². The summed E-state index contributed by atoms with van der Waals surface area (Å²) >= 11 is 0. The molecule has 0 unspecified atom stereocenters. The molecule has 0 aliphatic heterocycles. The predicted octanol–water partition coefficient (Wildman–Crippen LogP) is 8.65. The number of alkyl halides is 2. The minimum atomic E-state index is -4.66. The molecular formula is C26H47F2O5PSi. The van der Waals surface area contributed by atoms with Crippen LogP contribution >= 0.6 is 7.60 Å². The third-order valence-electron chi connectivity index (χ3n) is 6.70. The monoisotopic (exact) mass is 536 g/mol. The van der Waals surface area contributed by atoms with Crippen molar-refractivity contribution in [3.8, 4) is 0 Å². The van der Waals surface area contributed by atoms with Crippen LogP contribution < -0.4 is 0 Å². The Hall–Kier alpha value is -0.633. The van der Waals surface area contributed by atoms with Crippen molar-refractivity contribution >= 4 is 15.9 Å². The lowest BCUT2D eigenvalue weighted by atomic mass is 10.0. The van der Waals surface area contributed by atoms with Crippen molar-refractivity contribution in [2.24, 2.45) is 5.92 Å². The average molecular weight is 537 g/mol. The summed E-state index contributed by atoms with van der Waals surface area (Å²) < 4.78 is 67.0. The molecule has 0 aliphatic rings. The van der Waals surface area contributed by atoms with Crippen molar-refractivity contribution in [2.75, 3.05) is 26.4 Å². The van der Waals surface area contributed by atoms with Gasteiger partial charge in [0.05, 0.1) is 19.8 Å². The number of ether oxygens (including phenoxy) is 1. The van der Waals surface area contributed by atoms with Crippen molar-refractivity contribution in [3.05, 3.63) is 35.9 Å². The first-order valence-corrected chi connectivity index (χ1v) is 16.6. The minimum Gasteiger partial charge on any atom is -0.416 e. The molecule has 0 saturated carbocycles. The summed E-state index contributed by atoms with van der Waals surface area (Å²) in [6.45, 7) is 16.4. The second kappa shape index (κ2) is 14.9. The van der Waals surface area contributed by atoms with E-state index >= 15 is 8.78 Å². The topological polar surface area (TPSA) is 54.0 Å². The Morgan fingerprint density at radius 2 is 1.34 bits per heavy atom. The lowest BCUT2D eigenvalue weighted by molar-refractivity contribution is -0.0339. The van der Waals surface area contributed by atoms with Gasteiger partial charge in [-0.3, -0.25) is 4.57 Å². The van der Waals surface area contributed by atoms with E-state index in [-0.39, 0.29) is 39.3 Å². The van der Waals surface area contributed by atoms with E-state index in [1.807, 2.05) is 30.3 Å². The van der Waals surface area contributed by atoms with E-state index in [1.165, 1.54) is 13.8 Å². The van der Waals surface area contributed by atoms with Crippen LogP contribution in [0.2, 0.25) is 16.6 Å². The average Bonchev–Trinajstić information content (AvgIpc) is 2.78. The molecular weight excluding hydrogens is 489 g/mol. The van der Waals surface area contributed by atoms with Crippen LogP contribution in [0.3, 0.4) is 0 Å². The Balaban J connectivity index is 3.05. The fourth-order valence-corrected chi connectivity index (χ4v) is 12.4. The summed E-state index contributed by atoms with van der Waals surface area (Å²) in [4.78, 5) is 0. The van der Waals surface area contributed by atoms with Crippen molar-refractivity contribution in [2.45, 2.75) is 97.1 Å². The molecule has 1 aromatic rings. The molecule has 5 nitrogen and oxygen atoms in total. The van der Waals surface area contributed by atoms with Gasteiger partial charge in [-0.2, -0.15) is 8.78 Å². The highest BCUT2D eigenvalue weighted by molar-refractivity contribution is 7.55. The molecule has 0 radical (unpaired) electrons. The summed E-state index contributed by atoms with van der Waals surface area (Å²) in [6.07, 6.45) is 0.0691. The van der Waals surface area contributed by atoms with Gasteiger partial charge in [0.2, 0.25) is 0 Å². The first kappa shape index (κ1) is 32.4. The highest BCUT2D eigenvalue weighted by atomic mass is 31.2. The van der Waals surface area contributed by atoms with Gasteiger partial charge in [0.1, 0.15) is 0 Å². The lowest BCUT2D eigenvalue weighted by Crippen LogP contribution is -2.48. The van der Waals surface area contributed by atoms with Gasteiger partial charge in [-0.15, -0.1) is 0 Å². The van der Waals surface area contributed by atoms with Gasteiger partial charge in [0, 0.05) is 19.1 Å². The number of hydrogen-bond acceptors (Lipinski definition) is 5. The van der Waals surface area contributed by atoms with Crippen LogP contribution in [0.4, 0.5) is 8.78 Å². The van der Waals surface area contributed by atoms with Gasteiger partial charge in [0.15, 0.2) is 8.32 Å². The maximum atomic E-state index is 15.7. The normalized spacial score (nSPS) is 14.3. The molecule has 0 fully saturated rings. The standard InChI is InChI=1S/C26H47F2O5PSi/c1-9-31-34(29,32-10-2)26(27,28)25(16-18-30-20-24-14-12-11-13-15-24)17-19-33-35(21(3)4,22(5)6)23(7)8/h11-15,21-23,25H,9-10,16-20H2,1-8H3/t25-/m1/s1. The Bertz CT molecular complexity index is 730. The van der Waals surface area contributed by atoms with E-state index < -0.39 is 27.5 Å². The van der Waals surface area contributed by atoms with Gasteiger partial charge >= 0.3 is 13.3 Å². The molecule has 0 aromatic heterocycles.